The second-order valence-electron chi connectivity index (χ2n) is 6.48. The number of amides is 2. The van der Waals surface area contributed by atoms with Crippen molar-refractivity contribution in [2.75, 3.05) is 36.4 Å². The molecule has 3 heterocycles. The third kappa shape index (κ3) is 4.04. The largest absolute Gasteiger partial charge is 0.353 e. The molecule has 1 aliphatic heterocycles. The number of rotatable bonds is 4. The first kappa shape index (κ1) is 18.2. The maximum atomic E-state index is 12.8. The van der Waals surface area contributed by atoms with Crippen molar-refractivity contribution in [3.63, 3.8) is 0 Å². The Hall–Kier alpha value is -3.19. The van der Waals surface area contributed by atoms with E-state index in [1.54, 1.807) is 36.5 Å². The zero-order valence-electron chi connectivity index (χ0n) is 15.2. The average molecular weight is 392 g/mol. The van der Waals surface area contributed by atoms with E-state index in [4.69, 9.17) is 0 Å². The Morgan fingerprint density at radius 1 is 0.929 bits per heavy atom. The molecular formula is C21H20N4O2S. The van der Waals surface area contributed by atoms with E-state index in [1.165, 1.54) is 11.3 Å². The van der Waals surface area contributed by atoms with Crippen molar-refractivity contribution in [3.05, 3.63) is 76.6 Å². The number of hydrogen-bond donors (Lipinski definition) is 1. The highest BCUT2D eigenvalue weighted by atomic mass is 32.1. The highest BCUT2D eigenvalue weighted by Crippen LogP contribution is 2.17. The summed E-state index contributed by atoms with van der Waals surface area (Å²) in [6.07, 6.45) is 1.78. The predicted octanol–water partition coefficient (Wildman–Crippen LogP) is 3.36. The Morgan fingerprint density at radius 2 is 1.71 bits per heavy atom. The van der Waals surface area contributed by atoms with Crippen LogP contribution < -0.4 is 10.2 Å². The molecule has 0 atom stereocenters. The van der Waals surface area contributed by atoms with Crippen molar-refractivity contribution >= 4 is 34.7 Å². The van der Waals surface area contributed by atoms with Crippen LogP contribution in [-0.4, -0.2) is 47.9 Å². The standard InChI is InChI=1S/C21H20N4O2S/c26-20(18-4-3-15-28-18)23-17-8-6-16(7-9-17)21(27)25-13-11-24(12-14-25)19-5-1-2-10-22-19/h1-10,15H,11-14H2,(H,23,26). The van der Waals surface area contributed by atoms with E-state index in [2.05, 4.69) is 15.2 Å². The number of benzene rings is 1. The van der Waals surface area contributed by atoms with Gasteiger partial charge in [0.1, 0.15) is 5.82 Å². The van der Waals surface area contributed by atoms with Gasteiger partial charge in [-0.2, -0.15) is 0 Å². The zero-order chi connectivity index (χ0) is 19.3. The Labute approximate surface area is 167 Å². The van der Waals surface area contributed by atoms with Gasteiger partial charge in [-0.05, 0) is 47.8 Å². The van der Waals surface area contributed by atoms with Gasteiger partial charge in [-0.1, -0.05) is 12.1 Å². The molecule has 142 valence electrons. The normalized spacial score (nSPS) is 14.0. The highest BCUT2D eigenvalue weighted by molar-refractivity contribution is 7.12. The van der Waals surface area contributed by atoms with Crippen LogP contribution >= 0.6 is 11.3 Å². The lowest BCUT2D eigenvalue weighted by Crippen LogP contribution is -2.49. The van der Waals surface area contributed by atoms with Gasteiger partial charge in [0, 0.05) is 43.6 Å². The van der Waals surface area contributed by atoms with Gasteiger partial charge in [-0.15, -0.1) is 11.3 Å². The molecule has 0 radical (unpaired) electrons. The van der Waals surface area contributed by atoms with Crippen LogP contribution in [0.4, 0.5) is 11.5 Å². The molecule has 2 amide bonds. The number of aromatic nitrogens is 1. The fraction of sp³-hybridized carbons (Fsp3) is 0.190. The maximum Gasteiger partial charge on any atom is 0.265 e. The molecule has 0 bridgehead atoms. The molecule has 7 heteroatoms. The second-order valence-corrected chi connectivity index (χ2v) is 7.42. The molecule has 0 saturated carbocycles. The van der Waals surface area contributed by atoms with Crippen LogP contribution in [0.1, 0.15) is 20.0 Å². The Bertz CT molecular complexity index is 934. The third-order valence-corrected chi connectivity index (χ3v) is 5.54. The minimum atomic E-state index is -0.139. The zero-order valence-corrected chi connectivity index (χ0v) is 16.1. The summed E-state index contributed by atoms with van der Waals surface area (Å²) >= 11 is 1.39. The molecule has 1 aliphatic rings. The molecule has 1 N–H and O–H groups in total. The second kappa shape index (κ2) is 8.22. The van der Waals surface area contributed by atoms with Crippen molar-refractivity contribution in [1.82, 2.24) is 9.88 Å². The van der Waals surface area contributed by atoms with Crippen LogP contribution in [0.5, 0.6) is 0 Å². The minimum Gasteiger partial charge on any atom is -0.353 e. The predicted molar refractivity (Wildman–Crippen MR) is 111 cm³/mol. The molecule has 1 saturated heterocycles. The van der Waals surface area contributed by atoms with Crippen LogP contribution in [0, 0.1) is 0 Å². The van der Waals surface area contributed by atoms with E-state index in [0.29, 0.717) is 29.2 Å². The number of carbonyl (C=O) groups excluding carboxylic acids is 2. The molecule has 4 rings (SSSR count). The fourth-order valence-electron chi connectivity index (χ4n) is 3.16. The fourth-order valence-corrected chi connectivity index (χ4v) is 3.78. The molecule has 1 aromatic carbocycles. The van der Waals surface area contributed by atoms with Gasteiger partial charge in [-0.25, -0.2) is 4.98 Å². The highest BCUT2D eigenvalue weighted by Gasteiger charge is 2.22. The van der Waals surface area contributed by atoms with Gasteiger partial charge in [-0.3, -0.25) is 9.59 Å². The lowest BCUT2D eigenvalue weighted by molar-refractivity contribution is 0.0746. The summed E-state index contributed by atoms with van der Waals surface area (Å²) in [4.78, 5) is 33.9. The molecule has 0 aliphatic carbocycles. The molecular weight excluding hydrogens is 372 g/mol. The molecule has 28 heavy (non-hydrogen) atoms. The SMILES string of the molecule is O=C(Nc1ccc(C(=O)N2CCN(c3ccccn3)CC2)cc1)c1cccs1. The Morgan fingerprint density at radius 3 is 2.36 bits per heavy atom. The number of piperazine rings is 1. The van der Waals surface area contributed by atoms with Crippen molar-refractivity contribution in [2.24, 2.45) is 0 Å². The Balaban J connectivity index is 1.34. The van der Waals surface area contributed by atoms with Gasteiger partial charge >= 0.3 is 0 Å². The molecule has 3 aromatic rings. The number of nitrogens with zero attached hydrogens (tertiary/aromatic N) is 3. The summed E-state index contributed by atoms with van der Waals surface area (Å²) in [6.45, 7) is 2.84. The summed E-state index contributed by atoms with van der Waals surface area (Å²) in [5.74, 6) is 0.817. The monoisotopic (exact) mass is 392 g/mol. The van der Waals surface area contributed by atoms with E-state index >= 15 is 0 Å². The van der Waals surface area contributed by atoms with Crippen molar-refractivity contribution < 1.29 is 9.59 Å². The summed E-state index contributed by atoms with van der Waals surface area (Å²) < 4.78 is 0. The third-order valence-electron chi connectivity index (χ3n) is 4.67. The van der Waals surface area contributed by atoms with Crippen molar-refractivity contribution in [2.45, 2.75) is 0 Å². The van der Waals surface area contributed by atoms with Gasteiger partial charge < -0.3 is 15.1 Å². The lowest BCUT2D eigenvalue weighted by Gasteiger charge is -2.35. The van der Waals surface area contributed by atoms with Gasteiger partial charge in [0.05, 0.1) is 4.88 Å². The number of thiophene rings is 1. The first-order chi connectivity index (χ1) is 13.7. The summed E-state index contributed by atoms with van der Waals surface area (Å²) in [7, 11) is 0. The van der Waals surface area contributed by atoms with E-state index < -0.39 is 0 Å². The van der Waals surface area contributed by atoms with Crippen LogP contribution in [-0.2, 0) is 0 Å². The average Bonchev–Trinajstić information content (AvgIpc) is 3.30. The number of nitrogens with one attached hydrogen (secondary N) is 1. The molecule has 1 fully saturated rings. The minimum absolute atomic E-state index is 0.0109. The first-order valence-electron chi connectivity index (χ1n) is 9.11. The Kier molecular flexibility index (Phi) is 5.34. The van der Waals surface area contributed by atoms with Crippen LogP contribution in [0.3, 0.4) is 0 Å². The molecule has 0 spiro atoms. The number of carbonyl (C=O) groups is 2. The van der Waals surface area contributed by atoms with Gasteiger partial charge in [0.25, 0.3) is 11.8 Å². The number of anilines is 2. The molecule has 6 nitrogen and oxygen atoms in total. The van der Waals surface area contributed by atoms with Crippen LogP contribution in [0.15, 0.2) is 66.2 Å². The van der Waals surface area contributed by atoms with E-state index in [1.807, 2.05) is 34.5 Å². The van der Waals surface area contributed by atoms with Crippen molar-refractivity contribution in [3.8, 4) is 0 Å². The topological polar surface area (TPSA) is 65.5 Å². The molecule has 2 aromatic heterocycles. The number of pyridine rings is 1. The summed E-state index contributed by atoms with van der Waals surface area (Å²) in [5, 5.41) is 4.71. The van der Waals surface area contributed by atoms with Crippen LogP contribution in [0.25, 0.3) is 0 Å². The number of hydrogen-bond acceptors (Lipinski definition) is 5. The van der Waals surface area contributed by atoms with Crippen LogP contribution in [0.2, 0.25) is 0 Å². The summed E-state index contributed by atoms with van der Waals surface area (Å²) in [5.41, 5.74) is 1.30. The van der Waals surface area contributed by atoms with Crippen molar-refractivity contribution in [1.29, 1.82) is 0 Å². The smallest absolute Gasteiger partial charge is 0.265 e. The van der Waals surface area contributed by atoms with Gasteiger partial charge in [0.2, 0.25) is 0 Å². The maximum absolute atomic E-state index is 12.8. The molecule has 0 unspecified atom stereocenters. The van der Waals surface area contributed by atoms with E-state index in [0.717, 1.165) is 18.9 Å². The summed E-state index contributed by atoms with van der Waals surface area (Å²) in [6, 6.07) is 16.5. The van der Waals surface area contributed by atoms with Gasteiger partial charge in [0.15, 0.2) is 0 Å². The van der Waals surface area contributed by atoms with E-state index in [9.17, 15) is 9.59 Å². The van der Waals surface area contributed by atoms with E-state index in [-0.39, 0.29) is 11.8 Å². The quantitative estimate of drug-likeness (QED) is 0.739. The lowest BCUT2D eigenvalue weighted by atomic mass is 10.1. The first-order valence-corrected chi connectivity index (χ1v) is 9.99.